The van der Waals surface area contributed by atoms with E-state index in [1.165, 1.54) is 12.1 Å². The number of alkyl halides is 1. The van der Waals surface area contributed by atoms with Crippen molar-refractivity contribution in [3.8, 4) is 11.8 Å². The fourth-order valence-electron chi connectivity index (χ4n) is 7.64. The largest absolute Gasteiger partial charge is 0.508 e. The third-order valence-electron chi connectivity index (χ3n) is 9.71. The van der Waals surface area contributed by atoms with E-state index in [0.29, 0.717) is 65.0 Å². The number of ether oxygens (including phenoxy) is 1. The van der Waals surface area contributed by atoms with Crippen LogP contribution in [0.2, 0.25) is 0 Å². The van der Waals surface area contributed by atoms with Crippen LogP contribution in [0.5, 0.6) is 11.8 Å². The molecule has 1 aromatic heterocycles. The van der Waals surface area contributed by atoms with Gasteiger partial charge >= 0.3 is 6.01 Å². The summed E-state index contributed by atoms with van der Waals surface area (Å²) in [7, 11) is 0. The molecule has 43 heavy (non-hydrogen) atoms. The van der Waals surface area contributed by atoms with Crippen LogP contribution in [0.15, 0.2) is 24.3 Å². The van der Waals surface area contributed by atoms with Gasteiger partial charge in [0.05, 0.1) is 23.5 Å². The maximum absolute atomic E-state index is 15.0. The summed E-state index contributed by atoms with van der Waals surface area (Å²) in [6.45, 7) is 7.97. The molecule has 3 atom stereocenters. The average Bonchev–Trinajstić information content (AvgIpc) is 3.56. The number of hydrogen-bond acceptors (Lipinski definition) is 8. The number of nitrogens with zero attached hydrogens (tertiary/aromatic N) is 5. The number of nitrogens with one attached hydrogen (secondary N) is 1. The molecule has 0 radical (unpaired) electrons. The zero-order chi connectivity index (χ0) is 29.9. The molecule has 4 aliphatic heterocycles. The quantitative estimate of drug-likeness (QED) is 0.437. The molecular formula is C32H38F2N6O3. The second-order valence-electron chi connectivity index (χ2n) is 12.4. The summed E-state index contributed by atoms with van der Waals surface area (Å²) in [6, 6.07) is 6.37. The zero-order valence-corrected chi connectivity index (χ0v) is 24.7. The molecule has 0 aliphatic carbocycles. The van der Waals surface area contributed by atoms with Crippen LogP contribution in [0.25, 0.3) is 10.8 Å². The van der Waals surface area contributed by atoms with E-state index in [1.807, 2.05) is 6.92 Å². The Hall–Kier alpha value is -3.57. The van der Waals surface area contributed by atoms with Crippen LogP contribution >= 0.6 is 0 Å². The summed E-state index contributed by atoms with van der Waals surface area (Å²) in [5.74, 6) is -0.136. The maximum Gasteiger partial charge on any atom is 0.318 e. The first-order valence-electron chi connectivity index (χ1n) is 15.4. The molecule has 1 amide bonds. The van der Waals surface area contributed by atoms with E-state index in [1.54, 1.807) is 17.0 Å². The summed E-state index contributed by atoms with van der Waals surface area (Å²) in [4.78, 5) is 29.8. The number of phenols is 1. The highest BCUT2D eigenvalue weighted by Crippen LogP contribution is 2.43. The molecule has 3 fully saturated rings. The summed E-state index contributed by atoms with van der Waals surface area (Å²) in [6.07, 6.45) is 2.75. The van der Waals surface area contributed by atoms with Gasteiger partial charge in [0.1, 0.15) is 35.7 Å². The van der Waals surface area contributed by atoms with Crippen molar-refractivity contribution in [3.63, 3.8) is 0 Å². The first-order chi connectivity index (χ1) is 20.8. The Balaban J connectivity index is 1.31. The molecule has 0 spiro atoms. The lowest BCUT2D eigenvalue weighted by molar-refractivity contribution is 0.0996. The van der Waals surface area contributed by atoms with Gasteiger partial charge in [-0.15, -0.1) is 0 Å². The number of fused-ring (bicyclic) bond motifs is 3. The molecule has 0 bridgehead atoms. The van der Waals surface area contributed by atoms with E-state index in [4.69, 9.17) is 14.7 Å². The topological polar surface area (TPSA) is 94.1 Å². The van der Waals surface area contributed by atoms with E-state index in [0.717, 1.165) is 38.9 Å². The van der Waals surface area contributed by atoms with Gasteiger partial charge in [0, 0.05) is 43.5 Å². The molecule has 7 rings (SSSR count). The monoisotopic (exact) mass is 592 g/mol. The van der Waals surface area contributed by atoms with E-state index >= 15 is 0 Å². The Morgan fingerprint density at radius 1 is 1.21 bits per heavy atom. The Labute approximate surface area is 249 Å². The number of carbonyl (C=O) groups excluding carboxylic acids is 1. The van der Waals surface area contributed by atoms with Crippen LogP contribution in [-0.2, 0) is 13.0 Å². The Morgan fingerprint density at radius 2 is 2.07 bits per heavy atom. The highest BCUT2D eigenvalue weighted by molar-refractivity contribution is 6.16. The summed E-state index contributed by atoms with van der Waals surface area (Å²) >= 11 is 0. The van der Waals surface area contributed by atoms with Gasteiger partial charge < -0.3 is 25.0 Å². The summed E-state index contributed by atoms with van der Waals surface area (Å²) < 4.78 is 35.7. The third kappa shape index (κ3) is 4.77. The lowest BCUT2D eigenvalue weighted by Gasteiger charge is -2.32. The fourth-order valence-corrected chi connectivity index (χ4v) is 7.64. The van der Waals surface area contributed by atoms with Crippen molar-refractivity contribution in [2.45, 2.75) is 70.2 Å². The SMILES string of the molecule is CCc1c(F)ccc2cc(O)cc(N3Cc4nc(OC[C@@]56CCCN5C[C@H](F)C6)nc(N5CCCNCC5C)c4C3=O)c12. The number of phenolic OH excluding ortho intramolecular Hbond substituents is 1. The molecule has 3 saturated heterocycles. The van der Waals surface area contributed by atoms with Crippen molar-refractivity contribution in [2.24, 2.45) is 0 Å². The van der Waals surface area contributed by atoms with Gasteiger partial charge in [-0.2, -0.15) is 9.97 Å². The number of benzene rings is 2. The highest BCUT2D eigenvalue weighted by atomic mass is 19.1. The normalized spacial score (nSPS) is 25.8. The summed E-state index contributed by atoms with van der Waals surface area (Å²) in [5, 5.41) is 15.3. The Kier molecular flexibility index (Phi) is 7.12. The van der Waals surface area contributed by atoms with Gasteiger partial charge in [-0.3, -0.25) is 9.69 Å². The first-order valence-corrected chi connectivity index (χ1v) is 15.4. The van der Waals surface area contributed by atoms with Crippen LogP contribution in [0, 0.1) is 5.82 Å². The lowest BCUT2D eigenvalue weighted by Crippen LogP contribution is -2.43. The van der Waals surface area contributed by atoms with Gasteiger partial charge in [0.2, 0.25) is 0 Å². The minimum absolute atomic E-state index is 0.00873. The van der Waals surface area contributed by atoms with Crippen molar-refractivity contribution in [3.05, 3.63) is 46.9 Å². The predicted octanol–water partition coefficient (Wildman–Crippen LogP) is 4.34. The maximum atomic E-state index is 15.0. The van der Waals surface area contributed by atoms with E-state index < -0.39 is 6.17 Å². The van der Waals surface area contributed by atoms with Crippen LogP contribution in [0.4, 0.5) is 20.3 Å². The van der Waals surface area contributed by atoms with Gasteiger partial charge in [-0.25, -0.2) is 8.78 Å². The molecule has 11 heteroatoms. The highest BCUT2D eigenvalue weighted by Gasteiger charge is 2.49. The standard InChI is InChI=1S/C32H38F2N6O3/c1-3-23-24(34)7-6-20-12-22(41)13-26(27(20)23)40-17-25-28(30(40)42)29(39-11-5-9-35-15-19(39)2)37-31(36-25)43-18-32-8-4-10-38(32)16-21(33)14-32/h6-7,12-13,19,21,35,41H,3-5,8-11,14-18H2,1-2H3/t19?,21-,32+/m1/s1. The second kappa shape index (κ2) is 10.9. The van der Waals surface area contributed by atoms with E-state index in [9.17, 15) is 18.7 Å². The van der Waals surface area contributed by atoms with Gasteiger partial charge in [0.15, 0.2) is 0 Å². The Morgan fingerprint density at radius 3 is 2.91 bits per heavy atom. The summed E-state index contributed by atoms with van der Waals surface area (Å²) in [5.41, 5.74) is 1.49. The fraction of sp³-hybridized carbons (Fsp3) is 0.531. The number of halogens is 2. The lowest BCUT2D eigenvalue weighted by atomic mass is 9.95. The smallest absolute Gasteiger partial charge is 0.318 e. The number of hydrogen-bond donors (Lipinski definition) is 2. The van der Waals surface area contributed by atoms with Crippen LogP contribution < -0.4 is 19.9 Å². The number of aryl methyl sites for hydroxylation is 1. The molecule has 5 heterocycles. The van der Waals surface area contributed by atoms with Crippen molar-refractivity contribution >= 4 is 28.2 Å². The number of rotatable bonds is 6. The second-order valence-corrected chi connectivity index (χ2v) is 12.4. The molecular weight excluding hydrogens is 554 g/mol. The van der Waals surface area contributed by atoms with Crippen molar-refractivity contribution in [2.75, 3.05) is 49.1 Å². The molecule has 4 aliphatic rings. The van der Waals surface area contributed by atoms with Gasteiger partial charge in [-0.1, -0.05) is 13.0 Å². The average molecular weight is 593 g/mol. The van der Waals surface area contributed by atoms with Gasteiger partial charge in [-0.05, 0) is 68.8 Å². The number of amides is 1. The van der Waals surface area contributed by atoms with Gasteiger partial charge in [0.25, 0.3) is 5.91 Å². The third-order valence-corrected chi connectivity index (χ3v) is 9.71. The molecule has 1 unspecified atom stereocenters. The number of aromatic nitrogens is 2. The van der Waals surface area contributed by atoms with E-state index in [-0.39, 0.29) is 48.2 Å². The van der Waals surface area contributed by atoms with Crippen LogP contribution in [-0.4, -0.2) is 83.0 Å². The number of carbonyl (C=O) groups is 1. The molecule has 228 valence electrons. The Bertz CT molecular complexity index is 1590. The molecule has 2 aromatic carbocycles. The predicted molar refractivity (Wildman–Crippen MR) is 160 cm³/mol. The van der Waals surface area contributed by atoms with Crippen LogP contribution in [0.1, 0.15) is 61.1 Å². The molecule has 9 nitrogen and oxygen atoms in total. The molecule has 0 saturated carbocycles. The van der Waals surface area contributed by atoms with Crippen molar-refractivity contribution in [1.29, 1.82) is 0 Å². The minimum atomic E-state index is -0.869. The zero-order valence-electron chi connectivity index (χ0n) is 24.7. The van der Waals surface area contributed by atoms with Crippen molar-refractivity contribution < 1.29 is 23.4 Å². The minimum Gasteiger partial charge on any atom is -0.508 e. The first kappa shape index (κ1) is 28.2. The number of anilines is 2. The molecule has 3 aromatic rings. The number of aromatic hydroxyl groups is 1. The molecule has 2 N–H and O–H groups in total. The van der Waals surface area contributed by atoms with E-state index in [2.05, 4.69) is 22.0 Å². The van der Waals surface area contributed by atoms with Crippen LogP contribution in [0.3, 0.4) is 0 Å². The van der Waals surface area contributed by atoms with Crippen molar-refractivity contribution in [1.82, 2.24) is 20.2 Å².